The molecular formula is C27H33N5O3. The largest absolute Gasteiger partial charge is 0.497 e. The molecule has 0 spiro atoms. The van der Waals surface area contributed by atoms with Crippen molar-refractivity contribution in [2.45, 2.75) is 33.6 Å². The Morgan fingerprint density at radius 3 is 2.57 bits per heavy atom. The van der Waals surface area contributed by atoms with Gasteiger partial charge in [-0.25, -0.2) is 4.79 Å². The van der Waals surface area contributed by atoms with Crippen molar-refractivity contribution in [2.24, 2.45) is 23.7 Å². The number of anilines is 1. The predicted molar refractivity (Wildman–Crippen MR) is 135 cm³/mol. The van der Waals surface area contributed by atoms with Gasteiger partial charge < -0.3 is 19.8 Å². The standard InChI is InChI=1S/C27H33N5O3/c1-17(2)24-14-20(15-25-31-32-26(35-25)19-9-11-28-12-10-19)18(3)13-21(24)16-29-27(33)30-22-5-7-23(34-4)8-6-22/h5-13,17,20-21,24H,14-16H2,1-4H3,(H2,29,30,33)/t20-,21-,24-/m0/s1. The van der Waals surface area contributed by atoms with Crippen molar-refractivity contribution in [3.05, 3.63) is 66.3 Å². The van der Waals surface area contributed by atoms with Gasteiger partial charge in [0.15, 0.2) is 0 Å². The van der Waals surface area contributed by atoms with Crippen molar-refractivity contribution in [1.82, 2.24) is 20.5 Å². The number of ether oxygens (including phenoxy) is 1. The molecule has 0 unspecified atom stereocenters. The van der Waals surface area contributed by atoms with Crippen LogP contribution in [0.5, 0.6) is 5.75 Å². The average molecular weight is 476 g/mol. The van der Waals surface area contributed by atoms with Crippen molar-refractivity contribution in [3.8, 4) is 17.2 Å². The summed E-state index contributed by atoms with van der Waals surface area (Å²) in [6, 6.07) is 10.8. The number of amides is 2. The molecule has 3 atom stereocenters. The molecule has 0 bridgehead atoms. The van der Waals surface area contributed by atoms with Crippen LogP contribution in [0.4, 0.5) is 10.5 Å². The van der Waals surface area contributed by atoms with Gasteiger partial charge in [-0.3, -0.25) is 4.98 Å². The van der Waals surface area contributed by atoms with E-state index in [1.54, 1.807) is 19.5 Å². The number of nitrogens with one attached hydrogen (secondary N) is 2. The molecule has 4 rings (SSSR count). The Bertz CT molecular complexity index is 1140. The molecule has 0 fully saturated rings. The quantitative estimate of drug-likeness (QED) is 0.425. The minimum absolute atomic E-state index is 0.208. The third kappa shape index (κ3) is 6.26. The molecule has 3 aromatic rings. The smallest absolute Gasteiger partial charge is 0.319 e. The van der Waals surface area contributed by atoms with Gasteiger partial charge in [0.25, 0.3) is 0 Å². The predicted octanol–water partition coefficient (Wildman–Crippen LogP) is 5.36. The zero-order chi connectivity index (χ0) is 24.8. The van der Waals surface area contributed by atoms with Gasteiger partial charge in [-0.05, 0) is 73.4 Å². The number of allylic oxidation sites excluding steroid dienone is 1. The SMILES string of the molecule is COc1ccc(NC(=O)NC[C@@H]2C=C(C)[C@H](Cc3nnc(-c4ccncc4)o3)C[C@H]2C(C)C)cc1. The van der Waals surface area contributed by atoms with Crippen LogP contribution >= 0.6 is 0 Å². The molecule has 35 heavy (non-hydrogen) atoms. The Morgan fingerprint density at radius 1 is 1.14 bits per heavy atom. The maximum Gasteiger partial charge on any atom is 0.319 e. The van der Waals surface area contributed by atoms with E-state index >= 15 is 0 Å². The normalized spacial score (nSPS) is 19.8. The molecule has 184 valence electrons. The second-order valence-electron chi connectivity index (χ2n) is 9.42. The number of benzene rings is 1. The first-order valence-corrected chi connectivity index (χ1v) is 12.0. The lowest BCUT2D eigenvalue weighted by molar-refractivity contribution is 0.215. The Hall–Kier alpha value is -3.68. The second-order valence-corrected chi connectivity index (χ2v) is 9.42. The molecule has 8 heteroatoms. The number of hydrogen-bond donors (Lipinski definition) is 2. The van der Waals surface area contributed by atoms with Gasteiger partial charge in [0.05, 0.1) is 7.11 Å². The van der Waals surface area contributed by atoms with E-state index in [0.29, 0.717) is 42.5 Å². The Balaban J connectivity index is 1.37. The first-order valence-electron chi connectivity index (χ1n) is 12.0. The number of methoxy groups -OCH3 is 1. The van der Waals surface area contributed by atoms with Gasteiger partial charge in [-0.1, -0.05) is 25.5 Å². The van der Waals surface area contributed by atoms with Crippen LogP contribution in [0.2, 0.25) is 0 Å². The van der Waals surface area contributed by atoms with Crippen molar-refractivity contribution < 1.29 is 13.9 Å². The summed E-state index contributed by atoms with van der Waals surface area (Å²) in [6.07, 6.45) is 7.46. The van der Waals surface area contributed by atoms with Crippen molar-refractivity contribution in [3.63, 3.8) is 0 Å². The molecule has 0 saturated heterocycles. The molecule has 2 amide bonds. The summed E-state index contributed by atoms with van der Waals surface area (Å²) in [4.78, 5) is 16.5. The molecule has 2 aromatic heterocycles. The number of rotatable bonds is 8. The Morgan fingerprint density at radius 2 is 1.89 bits per heavy atom. The van der Waals surface area contributed by atoms with Crippen molar-refractivity contribution >= 4 is 11.7 Å². The topological polar surface area (TPSA) is 102 Å². The van der Waals surface area contributed by atoms with Crippen LogP contribution in [0, 0.1) is 23.7 Å². The fourth-order valence-electron chi connectivity index (χ4n) is 4.73. The fourth-order valence-corrected chi connectivity index (χ4v) is 4.73. The Labute approximate surface area is 206 Å². The molecule has 1 aromatic carbocycles. The summed E-state index contributed by atoms with van der Waals surface area (Å²) < 4.78 is 11.1. The number of hydrogen-bond acceptors (Lipinski definition) is 6. The van der Waals surface area contributed by atoms with Crippen LogP contribution in [-0.2, 0) is 6.42 Å². The molecular weight excluding hydrogens is 442 g/mol. The molecule has 8 nitrogen and oxygen atoms in total. The van der Waals surface area contributed by atoms with E-state index < -0.39 is 0 Å². The number of urea groups is 1. The zero-order valence-corrected chi connectivity index (χ0v) is 20.7. The molecule has 2 heterocycles. The summed E-state index contributed by atoms with van der Waals surface area (Å²) in [5, 5.41) is 14.4. The fraction of sp³-hybridized carbons (Fsp3) is 0.407. The molecule has 2 N–H and O–H groups in total. The number of pyridine rings is 1. The minimum atomic E-state index is -0.208. The first kappa shape index (κ1) is 24.4. The van der Waals surface area contributed by atoms with Gasteiger partial charge in [-0.2, -0.15) is 0 Å². The minimum Gasteiger partial charge on any atom is -0.497 e. The van der Waals surface area contributed by atoms with E-state index in [9.17, 15) is 4.79 Å². The monoisotopic (exact) mass is 475 g/mol. The second kappa shape index (κ2) is 11.2. The zero-order valence-electron chi connectivity index (χ0n) is 20.7. The van der Waals surface area contributed by atoms with Gasteiger partial charge in [0.2, 0.25) is 11.8 Å². The highest BCUT2D eigenvalue weighted by atomic mass is 16.5. The van der Waals surface area contributed by atoms with E-state index in [-0.39, 0.29) is 11.9 Å². The molecule has 1 aliphatic rings. The van der Waals surface area contributed by atoms with Gasteiger partial charge in [0.1, 0.15) is 5.75 Å². The summed E-state index contributed by atoms with van der Waals surface area (Å²) in [5.74, 6) is 3.43. The van der Waals surface area contributed by atoms with E-state index in [0.717, 1.165) is 23.4 Å². The number of nitrogens with zero attached hydrogens (tertiary/aromatic N) is 3. The van der Waals surface area contributed by atoms with E-state index in [2.05, 4.69) is 52.7 Å². The highest BCUT2D eigenvalue weighted by Gasteiger charge is 2.32. The summed E-state index contributed by atoms with van der Waals surface area (Å²) >= 11 is 0. The van der Waals surface area contributed by atoms with E-state index in [4.69, 9.17) is 9.15 Å². The third-order valence-electron chi connectivity index (χ3n) is 6.75. The summed E-state index contributed by atoms with van der Waals surface area (Å²) in [6.45, 7) is 7.23. The summed E-state index contributed by atoms with van der Waals surface area (Å²) in [5.41, 5.74) is 2.89. The number of carbonyl (C=O) groups excluding carboxylic acids is 1. The van der Waals surface area contributed by atoms with Crippen LogP contribution < -0.4 is 15.4 Å². The Kier molecular flexibility index (Phi) is 7.80. The van der Waals surface area contributed by atoms with Crippen molar-refractivity contribution in [1.29, 1.82) is 0 Å². The highest BCUT2D eigenvalue weighted by Crippen LogP contribution is 2.38. The van der Waals surface area contributed by atoms with Crippen molar-refractivity contribution in [2.75, 3.05) is 19.0 Å². The number of carbonyl (C=O) groups is 1. The summed E-state index contributed by atoms with van der Waals surface area (Å²) in [7, 11) is 1.62. The lowest BCUT2D eigenvalue weighted by Crippen LogP contribution is -2.38. The lowest BCUT2D eigenvalue weighted by Gasteiger charge is -2.37. The molecule has 1 aliphatic carbocycles. The van der Waals surface area contributed by atoms with Crippen LogP contribution in [0.25, 0.3) is 11.5 Å². The van der Waals surface area contributed by atoms with Crippen LogP contribution in [0.3, 0.4) is 0 Å². The van der Waals surface area contributed by atoms with E-state index in [1.807, 2.05) is 36.4 Å². The van der Waals surface area contributed by atoms with Crippen LogP contribution in [-0.4, -0.2) is 34.9 Å². The lowest BCUT2D eigenvalue weighted by atomic mass is 9.70. The first-order chi connectivity index (χ1) is 16.9. The molecule has 0 aliphatic heterocycles. The van der Waals surface area contributed by atoms with Crippen LogP contribution in [0.1, 0.15) is 33.1 Å². The van der Waals surface area contributed by atoms with Gasteiger partial charge >= 0.3 is 6.03 Å². The van der Waals surface area contributed by atoms with E-state index in [1.165, 1.54) is 5.57 Å². The van der Waals surface area contributed by atoms with Gasteiger partial charge in [-0.15, -0.1) is 10.2 Å². The maximum absolute atomic E-state index is 12.5. The molecule has 0 saturated carbocycles. The maximum atomic E-state index is 12.5. The van der Waals surface area contributed by atoms with Crippen LogP contribution in [0.15, 0.2) is 64.9 Å². The highest BCUT2D eigenvalue weighted by molar-refractivity contribution is 5.89. The average Bonchev–Trinajstić information content (AvgIpc) is 3.33. The van der Waals surface area contributed by atoms with Gasteiger partial charge in [0, 0.05) is 36.6 Å². The molecule has 0 radical (unpaired) electrons. The number of aromatic nitrogens is 3. The third-order valence-corrected chi connectivity index (χ3v) is 6.75.